The van der Waals surface area contributed by atoms with E-state index in [9.17, 15) is 4.79 Å². The zero-order valence-electron chi connectivity index (χ0n) is 10.9. The molecule has 0 aliphatic carbocycles. The van der Waals surface area contributed by atoms with E-state index in [-0.39, 0.29) is 11.6 Å². The molecule has 1 rings (SSSR count). The highest BCUT2D eigenvalue weighted by molar-refractivity contribution is 5.69. The van der Waals surface area contributed by atoms with Gasteiger partial charge in [-0.05, 0) is 46.2 Å². The van der Waals surface area contributed by atoms with Crippen LogP contribution in [0.4, 0.5) is 0 Å². The van der Waals surface area contributed by atoms with Crippen molar-refractivity contribution in [3.8, 4) is 12.3 Å². The number of hydrogen-bond acceptors (Lipinski definition) is 3. The number of rotatable bonds is 5. The second kappa shape index (κ2) is 6.66. The number of nitrogens with one attached hydrogen (secondary N) is 1. The molecule has 1 saturated heterocycles. The van der Waals surface area contributed by atoms with Crippen LogP contribution in [0.5, 0.6) is 0 Å². The highest BCUT2D eigenvalue weighted by Gasteiger charge is 2.33. The highest BCUT2D eigenvalue weighted by atomic mass is 16.6. The fourth-order valence-corrected chi connectivity index (χ4v) is 2.28. The van der Waals surface area contributed by atoms with Crippen LogP contribution in [0.2, 0.25) is 0 Å². The molecule has 0 aromatic carbocycles. The first-order valence-electron chi connectivity index (χ1n) is 6.42. The average molecular weight is 237 g/mol. The van der Waals surface area contributed by atoms with Crippen LogP contribution in [0.1, 0.15) is 46.0 Å². The molecular weight excluding hydrogens is 214 g/mol. The van der Waals surface area contributed by atoms with Gasteiger partial charge in [0.15, 0.2) is 0 Å². The van der Waals surface area contributed by atoms with Crippen LogP contribution >= 0.6 is 0 Å². The molecular formula is C14H23NO2. The summed E-state index contributed by atoms with van der Waals surface area (Å²) in [5.41, 5.74) is -0.352. The Morgan fingerprint density at radius 2 is 2.12 bits per heavy atom. The van der Waals surface area contributed by atoms with Gasteiger partial charge in [0.25, 0.3) is 0 Å². The number of hydrogen-bond donors (Lipinski definition) is 1. The monoisotopic (exact) mass is 237 g/mol. The molecule has 1 heterocycles. The minimum Gasteiger partial charge on any atom is -0.459 e. The van der Waals surface area contributed by atoms with Gasteiger partial charge in [0.2, 0.25) is 0 Å². The van der Waals surface area contributed by atoms with Gasteiger partial charge in [-0.2, -0.15) is 0 Å². The van der Waals surface area contributed by atoms with Crippen LogP contribution in [0, 0.1) is 18.3 Å². The summed E-state index contributed by atoms with van der Waals surface area (Å²) in [5, 5.41) is 3.32. The fourth-order valence-electron chi connectivity index (χ4n) is 2.28. The van der Waals surface area contributed by atoms with Crippen LogP contribution in [0.15, 0.2) is 0 Å². The molecule has 0 spiro atoms. The molecule has 0 aromatic heterocycles. The van der Waals surface area contributed by atoms with Crippen molar-refractivity contribution in [2.24, 2.45) is 5.92 Å². The molecule has 17 heavy (non-hydrogen) atoms. The lowest BCUT2D eigenvalue weighted by Crippen LogP contribution is -2.42. The Morgan fingerprint density at radius 3 is 2.71 bits per heavy atom. The van der Waals surface area contributed by atoms with Crippen molar-refractivity contribution in [2.75, 3.05) is 13.1 Å². The number of esters is 1. The number of carbonyl (C=O) groups excluding carboxylic acids is 1. The molecule has 0 unspecified atom stereocenters. The van der Waals surface area contributed by atoms with Crippen LogP contribution in [0.25, 0.3) is 0 Å². The zero-order valence-corrected chi connectivity index (χ0v) is 10.9. The second-order valence-electron chi connectivity index (χ2n) is 5.16. The van der Waals surface area contributed by atoms with E-state index in [2.05, 4.69) is 11.2 Å². The van der Waals surface area contributed by atoms with Gasteiger partial charge in [-0.15, -0.1) is 12.3 Å². The number of ether oxygens (including phenoxy) is 1. The first-order valence-corrected chi connectivity index (χ1v) is 6.42. The van der Waals surface area contributed by atoms with Gasteiger partial charge in [0.05, 0.1) is 0 Å². The largest absolute Gasteiger partial charge is 0.459 e. The third-order valence-electron chi connectivity index (χ3n) is 3.40. The van der Waals surface area contributed by atoms with Gasteiger partial charge < -0.3 is 10.1 Å². The number of terminal acetylenes is 1. The van der Waals surface area contributed by atoms with Crippen LogP contribution in [-0.2, 0) is 9.53 Å². The van der Waals surface area contributed by atoms with E-state index < -0.39 is 0 Å². The van der Waals surface area contributed by atoms with E-state index in [1.807, 2.05) is 13.8 Å². The number of piperidine rings is 1. The maximum atomic E-state index is 11.7. The third-order valence-corrected chi connectivity index (χ3v) is 3.40. The standard InChI is InChI=1S/C14H23NO2/c1-4-5-6-7-13(16)17-14(2,3)12-8-10-15-11-9-12/h1,12,15H,5-11H2,2-3H3. The molecule has 1 fully saturated rings. The first kappa shape index (κ1) is 14.1. The van der Waals surface area contributed by atoms with E-state index >= 15 is 0 Å². The van der Waals surface area contributed by atoms with Gasteiger partial charge in [0, 0.05) is 18.8 Å². The normalized spacial score (nSPS) is 17.5. The van der Waals surface area contributed by atoms with Gasteiger partial charge in [0.1, 0.15) is 5.60 Å². The minimum absolute atomic E-state index is 0.121. The van der Waals surface area contributed by atoms with Crippen molar-refractivity contribution in [2.45, 2.75) is 51.6 Å². The molecule has 3 nitrogen and oxygen atoms in total. The molecule has 0 radical (unpaired) electrons. The van der Waals surface area contributed by atoms with E-state index in [1.54, 1.807) is 0 Å². The fraction of sp³-hybridized carbons (Fsp3) is 0.786. The summed E-state index contributed by atoms with van der Waals surface area (Å²) in [4.78, 5) is 11.7. The summed E-state index contributed by atoms with van der Waals surface area (Å²) < 4.78 is 5.59. The average Bonchev–Trinajstić information content (AvgIpc) is 2.30. The quantitative estimate of drug-likeness (QED) is 0.452. The van der Waals surface area contributed by atoms with E-state index in [1.165, 1.54) is 0 Å². The molecule has 0 saturated carbocycles. The summed E-state index contributed by atoms with van der Waals surface area (Å²) in [6, 6.07) is 0. The summed E-state index contributed by atoms with van der Waals surface area (Å²) in [6.07, 6.45) is 9.09. The molecule has 0 atom stereocenters. The smallest absolute Gasteiger partial charge is 0.306 e. The Kier molecular flexibility index (Phi) is 5.50. The predicted octanol–water partition coefficient (Wildman–Crippen LogP) is 2.11. The number of carbonyl (C=O) groups is 1. The van der Waals surface area contributed by atoms with Crippen LogP contribution in [-0.4, -0.2) is 24.7 Å². The summed E-state index contributed by atoms with van der Waals surface area (Å²) in [5.74, 6) is 2.87. The van der Waals surface area contributed by atoms with Gasteiger partial charge >= 0.3 is 5.97 Å². The van der Waals surface area contributed by atoms with E-state index in [4.69, 9.17) is 11.2 Å². The summed E-state index contributed by atoms with van der Waals surface area (Å²) in [7, 11) is 0. The molecule has 1 aliphatic rings. The molecule has 96 valence electrons. The van der Waals surface area contributed by atoms with Crippen molar-refractivity contribution in [1.29, 1.82) is 0 Å². The van der Waals surface area contributed by atoms with Crippen LogP contribution < -0.4 is 5.32 Å². The predicted molar refractivity (Wildman–Crippen MR) is 68.4 cm³/mol. The first-order chi connectivity index (χ1) is 8.06. The zero-order chi connectivity index (χ0) is 12.7. The maximum Gasteiger partial charge on any atom is 0.306 e. The molecule has 0 amide bonds. The Morgan fingerprint density at radius 1 is 1.47 bits per heavy atom. The van der Waals surface area contributed by atoms with Crippen molar-refractivity contribution < 1.29 is 9.53 Å². The Balaban J connectivity index is 2.36. The second-order valence-corrected chi connectivity index (χ2v) is 5.16. The number of unbranched alkanes of at least 4 members (excludes halogenated alkanes) is 1. The topological polar surface area (TPSA) is 38.3 Å². The lowest BCUT2D eigenvalue weighted by molar-refractivity contribution is -0.162. The Hall–Kier alpha value is -1.01. The van der Waals surface area contributed by atoms with E-state index in [0.29, 0.717) is 18.8 Å². The molecule has 0 bridgehead atoms. The Bertz CT molecular complexity index is 285. The SMILES string of the molecule is C#CCCCC(=O)OC(C)(C)C1CCNCC1. The maximum absolute atomic E-state index is 11.7. The van der Waals surface area contributed by atoms with Gasteiger partial charge in [-0.1, -0.05) is 0 Å². The minimum atomic E-state index is -0.352. The van der Waals surface area contributed by atoms with Crippen molar-refractivity contribution >= 4 is 5.97 Å². The van der Waals surface area contributed by atoms with Crippen molar-refractivity contribution in [3.63, 3.8) is 0 Å². The van der Waals surface area contributed by atoms with Crippen LogP contribution in [0.3, 0.4) is 0 Å². The molecule has 1 N–H and O–H groups in total. The lowest BCUT2D eigenvalue weighted by Gasteiger charge is -2.36. The van der Waals surface area contributed by atoms with Gasteiger partial charge in [-0.3, -0.25) is 4.79 Å². The molecule has 3 heteroatoms. The molecule has 0 aromatic rings. The highest BCUT2D eigenvalue weighted by Crippen LogP contribution is 2.29. The third kappa shape index (κ3) is 4.79. The van der Waals surface area contributed by atoms with Gasteiger partial charge in [-0.25, -0.2) is 0 Å². The lowest BCUT2D eigenvalue weighted by atomic mass is 9.83. The van der Waals surface area contributed by atoms with Crippen molar-refractivity contribution in [3.05, 3.63) is 0 Å². The summed E-state index contributed by atoms with van der Waals surface area (Å²) >= 11 is 0. The summed E-state index contributed by atoms with van der Waals surface area (Å²) in [6.45, 7) is 6.07. The molecule has 1 aliphatic heterocycles. The van der Waals surface area contributed by atoms with E-state index in [0.717, 1.165) is 32.4 Å². The van der Waals surface area contributed by atoms with Crippen molar-refractivity contribution in [1.82, 2.24) is 5.32 Å². The Labute approximate surface area is 104 Å².